The molecule has 1 aromatic carbocycles. The summed E-state index contributed by atoms with van der Waals surface area (Å²) in [6.07, 6.45) is 0. The molecule has 22 heavy (non-hydrogen) atoms. The van der Waals surface area contributed by atoms with E-state index < -0.39 is 0 Å². The van der Waals surface area contributed by atoms with Gasteiger partial charge in [0.25, 0.3) is 0 Å². The third kappa shape index (κ3) is 4.28. The summed E-state index contributed by atoms with van der Waals surface area (Å²) in [5.41, 5.74) is 2.28. The highest BCUT2D eigenvalue weighted by Gasteiger charge is 2.05. The number of hydrogen-bond acceptors (Lipinski definition) is 3. The van der Waals surface area contributed by atoms with Crippen LogP contribution in [0.25, 0.3) is 0 Å². The molecule has 0 aliphatic rings. The van der Waals surface area contributed by atoms with Crippen LogP contribution in [0.15, 0.2) is 39.7 Å². The van der Waals surface area contributed by atoms with Gasteiger partial charge < -0.3 is 19.8 Å². The maximum absolute atomic E-state index is 5.52. The fraction of sp³-hybridized carbons (Fsp3) is 0.353. The Hall–Kier alpha value is -2.43. The fourth-order valence-electron chi connectivity index (χ4n) is 2.23. The second kappa shape index (κ2) is 7.54. The van der Waals surface area contributed by atoms with Gasteiger partial charge in [-0.2, -0.15) is 0 Å². The predicted molar refractivity (Wildman–Crippen MR) is 88.2 cm³/mol. The Morgan fingerprint density at radius 3 is 2.59 bits per heavy atom. The van der Waals surface area contributed by atoms with Crippen molar-refractivity contribution in [2.75, 3.05) is 14.2 Å². The number of furan rings is 1. The zero-order valence-corrected chi connectivity index (χ0v) is 13.6. The van der Waals surface area contributed by atoms with Crippen LogP contribution >= 0.6 is 0 Å². The summed E-state index contributed by atoms with van der Waals surface area (Å²) in [4.78, 5) is 4.23. The van der Waals surface area contributed by atoms with Crippen LogP contribution in [0.1, 0.15) is 22.6 Å². The van der Waals surface area contributed by atoms with E-state index in [1.54, 1.807) is 14.2 Å². The van der Waals surface area contributed by atoms with Gasteiger partial charge in [-0.3, -0.25) is 4.99 Å². The second-order valence-corrected chi connectivity index (χ2v) is 5.07. The maximum atomic E-state index is 5.52. The SMILES string of the molecule is CN=C(NCc1cccc(OC)c1)NCc1cc(C)oc1C. The molecule has 2 N–H and O–H groups in total. The number of aryl methyl sites for hydroxylation is 2. The monoisotopic (exact) mass is 301 g/mol. The molecule has 0 fully saturated rings. The molecular formula is C17H23N3O2. The summed E-state index contributed by atoms with van der Waals surface area (Å²) < 4.78 is 10.7. The number of aliphatic imine (C=N–C) groups is 1. The van der Waals surface area contributed by atoms with E-state index in [1.165, 1.54) is 0 Å². The minimum atomic E-state index is 0.681. The van der Waals surface area contributed by atoms with E-state index in [0.29, 0.717) is 13.1 Å². The van der Waals surface area contributed by atoms with Crippen molar-refractivity contribution < 1.29 is 9.15 Å². The third-order valence-corrected chi connectivity index (χ3v) is 3.41. The standard InChI is InChI=1S/C17H23N3O2/c1-12-8-15(13(2)22-12)11-20-17(18-3)19-10-14-6-5-7-16(9-14)21-4/h5-9H,10-11H2,1-4H3,(H2,18,19,20). The first-order valence-electron chi connectivity index (χ1n) is 7.25. The van der Waals surface area contributed by atoms with Crippen molar-refractivity contribution in [3.05, 3.63) is 53.0 Å². The van der Waals surface area contributed by atoms with Crippen LogP contribution in [0.3, 0.4) is 0 Å². The van der Waals surface area contributed by atoms with Crippen molar-refractivity contribution in [1.82, 2.24) is 10.6 Å². The van der Waals surface area contributed by atoms with Crippen molar-refractivity contribution >= 4 is 5.96 Å². The van der Waals surface area contributed by atoms with Crippen LogP contribution in [0.2, 0.25) is 0 Å². The number of ether oxygens (including phenoxy) is 1. The van der Waals surface area contributed by atoms with Gasteiger partial charge in [0.15, 0.2) is 5.96 Å². The van der Waals surface area contributed by atoms with Crippen molar-refractivity contribution in [1.29, 1.82) is 0 Å². The molecule has 0 saturated carbocycles. The Morgan fingerprint density at radius 1 is 1.18 bits per heavy atom. The Kier molecular flexibility index (Phi) is 5.47. The first kappa shape index (κ1) is 15.9. The molecule has 0 unspecified atom stereocenters. The van der Waals surface area contributed by atoms with E-state index in [4.69, 9.17) is 9.15 Å². The predicted octanol–water partition coefficient (Wildman–Crippen LogP) is 2.77. The maximum Gasteiger partial charge on any atom is 0.191 e. The molecule has 1 aromatic heterocycles. The highest BCUT2D eigenvalue weighted by Crippen LogP contribution is 2.13. The lowest BCUT2D eigenvalue weighted by Crippen LogP contribution is -2.36. The number of nitrogens with zero attached hydrogens (tertiary/aromatic N) is 1. The summed E-state index contributed by atoms with van der Waals surface area (Å²) in [5, 5.41) is 6.57. The highest BCUT2D eigenvalue weighted by atomic mass is 16.5. The second-order valence-electron chi connectivity index (χ2n) is 5.07. The molecule has 5 heteroatoms. The first-order valence-corrected chi connectivity index (χ1v) is 7.25. The van der Waals surface area contributed by atoms with E-state index in [-0.39, 0.29) is 0 Å². The van der Waals surface area contributed by atoms with Crippen molar-refractivity contribution in [3.8, 4) is 5.75 Å². The number of rotatable bonds is 5. The molecule has 0 aliphatic heterocycles. The molecule has 0 aliphatic carbocycles. The van der Waals surface area contributed by atoms with Crippen molar-refractivity contribution in [3.63, 3.8) is 0 Å². The Balaban J connectivity index is 1.88. The lowest BCUT2D eigenvalue weighted by molar-refractivity contribution is 0.414. The molecule has 0 saturated heterocycles. The zero-order valence-electron chi connectivity index (χ0n) is 13.6. The topological polar surface area (TPSA) is 58.8 Å². The summed E-state index contributed by atoms with van der Waals surface area (Å²) in [7, 11) is 3.43. The van der Waals surface area contributed by atoms with Gasteiger partial charge in [0.1, 0.15) is 17.3 Å². The van der Waals surface area contributed by atoms with Gasteiger partial charge in [0.2, 0.25) is 0 Å². The van der Waals surface area contributed by atoms with Gasteiger partial charge in [0, 0.05) is 25.7 Å². The summed E-state index contributed by atoms with van der Waals surface area (Å²) in [6, 6.07) is 10.00. The molecule has 0 amide bonds. The van der Waals surface area contributed by atoms with Crippen LogP contribution in [0, 0.1) is 13.8 Å². The molecule has 1 heterocycles. The van der Waals surface area contributed by atoms with Gasteiger partial charge in [-0.05, 0) is 37.6 Å². The number of benzene rings is 1. The van der Waals surface area contributed by atoms with Gasteiger partial charge >= 0.3 is 0 Å². The molecule has 0 spiro atoms. The molecule has 0 radical (unpaired) electrons. The highest BCUT2D eigenvalue weighted by molar-refractivity contribution is 5.79. The number of hydrogen-bond donors (Lipinski definition) is 2. The van der Waals surface area contributed by atoms with E-state index in [0.717, 1.165) is 34.4 Å². The molecule has 5 nitrogen and oxygen atoms in total. The quantitative estimate of drug-likeness (QED) is 0.658. The van der Waals surface area contributed by atoms with Crippen molar-refractivity contribution in [2.24, 2.45) is 4.99 Å². The van der Waals surface area contributed by atoms with Crippen LogP contribution in [-0.4, -0.2) is 20.1 Å². The zero-order chi connectivity index (χ0) is 15.9. The molecule has 0 atom stereocenters. The van der Waals surface area contributed by atoms with Gasteiger partial charge in [-0.15, -0.1) is 0 Å². The number of nitrogens with one attached hydrogen (secondary N) is 2. The van der Waals surface area contributed by atoms with Crippen molar-refractivity contribution in [2.45, 2.75) is 26.9 Å². The van der Waals surface area contributed by atoms with Gasteiger partial charge in [0.05, 0.1) is 7.11 Å². The largest absolute Gasteiger partial charge is 0.497 e. The minimum Gasteiger partial charge on any atom is -0.497 e. The summed E-state index contributed by atoms with van der Waals surface area (Å²) in [6.45, 7) is 5.28. The average molecular weight is 301 g/mol. The van der Waals surface area contributed by atoms with E-state index in [9.17, 15) is 0 Å². The van der Waals surface area contributed by atoms with Crippen LogP contribution in [0.4, 0.5) is 0 Å². The lowest BCUT2D eigenvalue weighted by atomic mass is 10.2. The number of guanidine groups is 1. The Morgan fingerprint density at radius 2 is 1.95 bits per heavy atom. The van der Waals surface area contributed by atoms with E-state index in [2.05, 4.69) is 15.6 Å². The summed E-state index contributed by atoms with van der Waals surface area (Å²) >= 11 is 0. The Labute approximate surface area is 131 Å². The molecule has 0 bridgehead atoms. The van der Waals surface area contributed by atoms with Crippen LogP contribution in [0.5, 0.6) is 5.75 Å². The average Bonchev–Trinajstić information content (AvgIpc) is 2.85. The first-order chi connectivity index (χ1) is 10.6. The summed E-state index contributed by atoms with van der Waals surface area (Å²) in [5.74, 6) is 3.47. The lowest BCUT2D eigenvalue weighted by Gasteiger charge is -2.12. The van der Waals surface area contributed by atoms with Gasteiger partial charge in [-0.1, -0.05) is 12.1 Å². The minimum absolute atomic E-state index is 0.681. The molecular weight excluding hydrogens is 278 g/mol. The van der Waals surface area contributed by atoms with Gasteiger partial charge in [-0.25, -0.2) is 0 Å². The Bertz CT molecular complexity index is 647. The number of methoxy groups -OCH3 is 1. The smallest absolute Gasteiger partial charge is 0.191 e. The molecule has 118 valence electrons. The normalized spacial score (nSPS) is 11.4. The third-order valence-electron chi connectivity index (χ3n) is 3.41. The molecule has 2 rings (SSSR count). The fourth-order valence-corrected chi connectivity index (χ4v) is 2.23. The molecule has 2 aromatic rings. The van der Waals surface area contributed by atoms with Crippen LogP contribution < -0.4 is 15.4 Å². The van der Waals surface area contributed by atoms with Crippen LogP contribution in [-0.2, 0) is 13.1 Å². The van der Waals surface area contributed by atoms with E-state index >= 15 is 0 Å². The van der Waals surface area contributed by atoms with E-state index in [1.807, 2.05) is 44.2 Å².